The van der Waals surface area contributed by atoms with Crippen molar-refractivity contribution < 1.29 is 0 Å². The summed E-state index contributed by atoms with van der Waals surface area (Å²) in [5.74, 6) is 0.936. The molecule has 9 aromatic rings. The first-order valence-electron chi connectivity index (χ1n) is 15.9. The zero-order chi connectivity index (χ0) is 31.2. The molecule has 9 rings (SSSR count). The Balaban J connectivity index is 1.21. The number of hydrogen-bond acceptors (Lipinski definition) is 2. The van der Waals surface area contributed by atoms with Gasteiger partial charge in [0.05, 0.1) is 22.2 Å². The van der Waals surface area contributed by atoms with Gasteiger partial charge in [0, 0.05) is 33.0 Å². The van der Waals surface area contributed by atoms with Crippen molar-refractivity contribution in [3.05, 3.63) is 176 Å². The van der Waals surface area contributed by atoms with Crippen LogP contribution in [0.1, 0.15) is 0 Å². The van der Waals surface area contributed by atoms with Crippen molar-refractivity contribution in [3.8, 4) is 50.6 Å². The summed E-state index contributed by atoms with van der Waals surface area (Å²) in [4.78, 5) is 10.3. The van der Waals surface area contributed by atoms with E-state index in [9.17, 15) is 0 Å². The first-order valence-corrected chi connectivity index (χ1v) is 15.9. The second-order valence-electron chi connectivity index (χ2n) is 11.8. The molecule has 0 saturated carbocycles. The van der Waals surface area contributed by atoms with E-state index in [1.54, 1.807) is 0 Å². The summed E-state index contributed by atoms with van der Waals surface area (Å²) >= 11 is 0. The van der Waals surface area contributed by atoms with Crippen molar-refractivity contribution in [2.45, 2.75) is 0 Å². The first-order chi connectivity index (χ1) is 23.3. The van der Waals surface area contributed by atoms with E-state index in [1.165, 1.54) is 16.5 Å². The number of fused-ring (bicyclic) bond motifs is 4. The highest BCUT2D eigenvalue weighted by Gasteiger charge is 2.17. The molecule has 0 aliphatic carbocycles. The third-order valence-corrected chi connectivity index (χ3v) is 9.00. The molecule has 3 nitrogen and oxygen atoms in total. The van der Waals surface area contributed by atoms with Gasteiger partial charge in [-0.15, -0.1) is 0 Å². The van der Waals surface area contributed by atoms with Crippen LogP contribution in [0.3, 0.4) is 0 Å². The van der Waals surface area contributed by atoms with Crippen molar-refractivity contribution in [1.29, 1.82) is 0 Å². The molecule has 0 aliphatic heterocycles. The SMILES string of the molecule is c1ccc(-c2nc3ccc(-c4ccc(-n5c(-c6ccccc6)nc6ccccc65)cc4)cc3c3c(-c4ccccc4)cccc23)cc1. The van der Waals surface area contributed by atoms with Gasteiger partial charge in [-0.25, -0.2) is 9.97 Å². The monoisotopic (exact) mass is 599 g/mol. The van der Waals surface area contributed by atoms with Crippen LogP contribution < -0.4 is 0 Å². The Morgan fingerprint density at radius 2 is 1.02 bits per heavy atom. The highest BCUT2D eigenvalue weighted by Crippen LogP contribution is 2.40. The van der Waals surface area contributed by atoms with Crippen LogP contribution in [-0.4, -0.2) is 14.5 Å². The van der Waals surface area contributed by atoms with E-state index in [1.807, 2.05) is 12.1 Å². The average molecular weight is 600 g/mol. The van der Waals surface area contributed by atoms with Crippen molar-refractivity contribution >= 4 is 32.7 Å². The molecule has 0 amide bonds. The minimum atomic E-state index is 0.936. The maximum atomic E-state index is 5.25. The van der Waals surface area contributed by atoms with Crippen molar-refractivity contribution in [1.82, 2.24) is 14.5 Å². The van der Waals surface area contributed by atoms with Crippen LogP contribution in [0.4, 0.5) is 0 Å². The fraction of sp³-hybridized carbons (Fsp3) is 0. The van der Waals surface area contributed by atoms with E-state index in [-0.39, 0.29) is 0 Å². The van der Waals surface area contributed by atoms with E-state index >= 15 is 0 Å². The minimum Gasteiger partial charge on any atom is -0.292 e. The molecular formula is C44H29N3. The normalized spacial score (nSPS) is 11.4. The predicted octanol–water partition coefficient (Wildman–Crippen LogP) is 11.4. The highest BCUT2D eigenvalue weighted by molar-refractivity contribution is 6.17. The Morgan fingerprint density at radius 1 is 0.383 bits per heavy atom. The molecule has 0 fully saturated rings. The molecule has 2 aromatic heterocycles. The van der Waals surface area contributed by atoms with Gasteiger partial charge in [0.2, 0.25) is 0 Å². The predicted molar refractivity (Wildman–Crippen MR) is 196 cm³/mol. The lowest BCUT2D eigenvalue weighted by Crippen LogP contribution is -1.97. The summed E-state index contributed by atoms with van der Waals surface area (Å²) in [5.41, 5.74) is 12.0. The van der Waals surface area contributed by atoms with Gasteiger partial charge in [-0.2, -0.15) is 0 Å². The number of imidazole rings is 1. The third-order valence-electron chi connectivity index (χ3n) is 9.00. The van der Waals surface area contributed by atoms with Crippen molar-refractivity contribution in [2.75, 3.05) is 0 Å². The second kappa shape index (κ2) is 11.2. The third kappa shape index (κ3) is 4.68. The molecule has 3 heteroatoms. The van der Waals surface area contributed by atoms with Crippen LogP contribution in [0.2, 0.25) is 0 Å². The summed E-state index contributed by atoms with van der Waals surface area (Å²) in [6.07, 6.45) is 0. The molecule has 0 N–H and O–H groups in total. The fourth-order valence-corrected chi connectivity index (χ4v) is 6.78. The Hall–Kier alpha value is -6.32. The van der Waals surface area contributed by atoms with Gasteiger partial charge in [0.1, 0.15) is 5.82 Å². The number of benzene rings is 7. The number of para-hydroxylation sites is 2. The minimum absolute atomic E-state index is 0.936. The van der Waals surface area contributed by atoms with Crippen LogP contribution in [0, 0.1) is 0 Å². The molecule has 47 heavy (non-hydrogen) atoms. The van der Waals surface area contributed by atoms with E-state index in [2.05, 4.69) is 168 Å². The van der Waals surface area contributed by atoms with E-state index in [4.69, 9.17) is 9.97 Å². The number of nitrogens with zero attached hydrogens (tertiary/aromatic N) is 3. The lowest BCUT2D eigenvalue weighted by atomic mass is 9.91. The Bertz CT molecular complexity index is 2530. The molecule has 0 atom stereocenters. The van der Waals surface area contributed by atoms with Crippen molar-refractivity contribution in [3.63, 3.8) is 0 Å². The van der Waals surface area contributed by atoms with Gasteiger partial charge in [0.25, 0.3) is 0 Å². The van der Waals surface area contributed by atoms with Gasteiger partial charge in [-0.1, -0.05) is 140 Å². The van der Waals surface area contributed by atoms with E-state index in [0.717, 1.165) is 66.8 Å². The quantitative estimate of drug-likeness (QED) is 0.184. The van der Waals surface area contributed by atoms with Gasteiger partial charge in [0.15, 0.2) is 0 Å². The van der Waals surface area contributed by atoms with E-state index in [0.29, 0.717) is 0 Å². The Labute approximate surface area is 273 Å². The van der Waals surface area contributed by atoms with Crippen molar-refractivity contribution in [2.24, 2.45) is 0 Å². The molecule has 0 saturated heterocycles. The molecule has 2 heterocycles. The van der Waals surface area contributed by atoms with Gasteiger partial charge >= 0.3 is 0 Å². The molecule has 0 bridgehead atoms. The summed E-state index contributed by atoms with van der Waals surface area (Å²) in [5, 5.41) is 3.52. The molecule has 0 unspecified atom stereocenters. The number of rotatable bonds is 5. The van der Waals surface area contributed by atoms with Gasteiger partial charge < -0.3 is 0 Å². The lowest BCUT2D eigenvalue weighted by molar-refractivity contribution is 1.10. The largest absolute Gasteiger partial charge is 0.292 e. The molecule has 0 aliphatic rings. The Morgan fingerprint density at radius 3 is 1.77 bits per heavy atom. The van der Waals surface area contributed by atoms with Crippen LogP contribution in [0.5, 0.6) is 0 Å². The Kier molecular flexibility index (Phi) is 6.46. The zero-order valence-corrected chi connectivity index (χ0v) is 25.6. The van der Waals surface area contributed by atoms with Crippen LogP contribution >= 0.6 is 0 Å². The zero-order valence-electron chi connectivity index (χ0n) is 25.6. The standard InChI is InChI=1S/C44H29N3/c1-4-13-31(14-5-1)36-19-12-20-37-42(36)38-29-34(25-28-39(38)45-43(37)32-15-6-2-7-16-32)30-23-26-35(27-24-30)47-41-22-11-10-21-40(41)46-44(47)33-17-8-3-9-18-33/h1-29H. The summed E-state index contributed by atoms with van der Waals surface area (Å²) < 4.78 is 2.25. The highest BCUT2D eigenvalue weighted by atomic mass is 15.1. The number of aromatic nitrogens is 3. The smallest absolute Gasteiger partial charge is 0.145 e. The van der Waals surface area contributed by atoms with Gasteiger partial charge in [-0.3, -0.25) is 4.57 Å². The van der Waals surface area contributed by atoms with Crippen LogP contribution in [-0.2, 0) is 0 Å². The molecule has 0 radical (unpaired) electrons. The number of hydrogen-bond donors (Lipinski definition) is 0. The summed E-state index contributed by atoms with van der Waals surface area (Å²) in [7, 11) is 0. The van der Waals surface area contributed by atoms with Crippen LogP contribution in [0.25, 0.3) is 83.3 Å². The fourth-order valence-electron chi connectivity index (χ4n) is 6.78. The molecule has 7 aromatic carbocycles. The maximum Gasteiger partial charge on any atom is 0.145 e. The summed E-state index contributed by atoms with van der Waals surface area (Å²) in [6.45, 7) is 0. The molecule has 220 valence electrons. The topological polar surface area (TPSA) is 30.7 Å². The van der Waals surface area contributed by atoms with Crippen LogP contribution in [0.15, 0.2) is 176 Å². The lowest BCUT2D eigenvalue weighted by Gasteiger charge is -2.15. The maximum absolute atomic E-state index is 5.25. The first kappa shape index (κ1) is 27.0. The number of pyridine rings is 1. The average Bonchev–Trinajstić information content (AvgIpc) is 3.55. The van der Waals surface area contributed by atoms with E-state index < -0.39 is 0 Å². The van der Waals surface area contributed by atoms with Gasteiger partial charge in [-0.05, 0) is 58.7 Å². The molecule has 0 spiro atoms. The summed E-state index contributed by atoms with van der Waals surface area (Å²) in [6, 6.07) is 62.0. The second-order valence-corrected chi connectivity index (χ2v) is 11.8. The molecular weight excluding hydrogens is 571 g/mol.